The number of hydrogen-bond acceptors (Lipinski definition) is 6. The van der Waals surface area contributed by atoms with Crippen molar-refractivity contribution in [3.05, 3.63) is 120 Å². The first-order chi connectivity index (χ1) is 20.5. The van der Waals surface area contributed by atoms with Gasteiger partial charge in [-0.1, -0.05) is 72.8 Å². The molecule has 0 saturated carbocycles. The Bertz CT molecular complexity index is 1660. The van der Waals surface area contributed by atoms with E-state index >= 15 is 0 Å². The minimum absolute atomic E-state index is 0.0568. The summed E-state index contributed by atoms with van der Waals surface area (Å²) >= 11 is 0. The van der Waals surface area contributed by atoms with E-state index in [-0.39, 0.29) is 19.0 Å². The fourth-order valence-corrected chi connectivity index (χ4v) is 4.68. The number of benzene rings is 5. The molecule has 0 aliphatic carbocycles. The lowest BCUT2D eigenvalue weighted by Crippen LogP contribution is -2.13. The average molecular weight is 561 g/mol. The summed E-state index contributed by atoms with van der Waals surface area (Å²) in [5, 5.41) is 2.00. The molecular formula is C36H32O6. The monoisotopic (exact) mass is 560 g/mol. The average Bonchev–Trinajstić information content (AvgIpc) is 3.03. The highest BCUT2D eigenvalue weighted by atomic mass is 16.6. The van der Waals surface area contributed by atoms with E-state index in [1.165, 1.54) is 6.92 Å². The maximum absolute atomic E-state index is 12.5. The number of ketones is 1. The van der Waals surface area contributed by atoms with Gasteiger partial charge in [0.2, 0.25) is 0 Å². The van der Waals surface area contributed by atoms with Crippen LogP contribution in [0.4, 0.5) is 0 Å². The van der Waals surface area contributed by atoms with Crippen molar-refractivity contribution in [2.75, 3.05) is 33.5 Å². The summed E-state index contributed by atoms with van der Waals surface area (Å²) in [5.41, 5.74) is 4.87. The van der Waals surface area contributed by atoms with E-state index in [1.54, 1.807) is 31.4 Å². The van der Waals surface area contributed by atoms with Crippen LogP contribution in [0.25, 0.3) is 33.0 Å². The van der Waals surface area contributed by atoms with Gasteiger partial charge in [-0.3, -0.25) is 4.79 Å². The topological polar surface area (TPSA) is 71.1 Å². The maximum atomic E-state index is 12.5. The van der Waals surface area contributed by atoms with Crippen LogP contribution in [0.5, 0.6) is 11.5 Å². The van der Waals surface area contributed by atoms with E-state index in [1.807, 2.05) is 54.6 Å². The Kier molecular flexibility index (Phi) is 9.27. The van der Waals surface area contributed by atoms with Crippen molar-refractivity contribution < 1.29 is 28.5 Å². The van der Waals surface area contributed by atoms with Gasteiger partial charge in [-0.2, -0.15) is 0 Å². The van der Waals surface area contributed by atoms with Crippen LogP contribution in [-0.4, -0.2) is 45.3 Å². The SMILES string of the molecule is COCCOc1cc2cc(-c3ccccc3)c(OCCOC(=O)c3ccc(C(C)=O)cc3)cc2cc1-c1ccccc1. The smallest absolute Gasteiger partial charge is 0.338 e. The first-order valence-electron chi connectivity index (χ1n) is 13.8. The highest BCUT2D eigenvalue weighted by molar-refractivity contribution is 5.97. The van der Waals surface area contributed by atoms with Crippen LogP contribution in [0.15, 0.2) is 109 Å². The Morgan fingerprint density at radius 2 is 1.05 bits per heavy atom. The number of methoxy groups -OCH3 is 1. The first kappa shape index (κ1) is 28.6. The van der Waals surface area contributed by atoms with Gasteiger partial charge in [-0.25, -0.2) is 4.79 Å². The van der Waals surface area contributed by atoms with Crippen LogP contribution in [0.2, 0.25) is 0 Å². The maximum Gasteiger partial charge on any atom is 0.338 e. The second kappa shape index (κ2) is 13.6. The molecule has 0 heterocycles. The number of ether oxygens (including phenoxy) is 4. The van der Waals surface area contributed by atoms with Crippen molar-refractivity contribution in [2.45, 2.75) is 6.92 Å². The summed E-state index contributed by atoms with van der Waals surface area (Å²) in [5.74, 6) is 0.937. The third kappa shape index (κ3) is 6.85. The number of carbonyl (C=O) groups is 2. The number of esters is 1. The van der Waals surface area contributed by atoms with Crippen molar-refractivity contribution in [3.8, 4) is 33.8 Å². The molecule has 0 spiro atoms. The van der Waals surface area contributed by atoms with Gasteiger partial charge in [0.05, 0.1) is 12.2 Å². The molecular weight excluding hydrogens is 528 g/mol. The van der Waals surface area contributed by atoms with Crippen molar-refractivity contribution >= 4 is 22.5 Å². The minimum atomic E-state index is -0.469. The van der Waals surface area contributed by atoms with Gasteiger partial charge in [0.1, 0.15) is 31.3 Å². The Morgan fingerprint density at radius 1 is 0.571 bits per heavy atom. The summed E-state index contributed by atoms with van der Waals surface area (Å²) in [6.45, 7) is 2.66. The lowest BCUT2D eigenvalue weighted by Gasteiger charge is -2.17. The largest absolute Gasteiger partial charge is 0.491 e. The summed E-state index contributed by atoms with van der Waals surface area (Å²) < 4.78 is 23.0. The first-order valence-corrected chi connectivity index (χ1v) is 13.8. The van der Waals surface area contributed by atoms with Crippen LogP contribution in [0, 0.1) is 0 Å². The van der Waals surface area contributed by atoms with Crippen molar-refractivity contribution in [1.29, 1.82) is 0 Å². The molecule has 5 aromatic carbocycles. The highest BCUT2D eigenvalue weighted by Crippen LogP contribution is 2.39. The molecule has 6 heteroatoms. The van der Waals surface area contributed by atoms with Crippen molar-refractivity contribution in [1.82, 2.24) is 0 Å². The molecule has 0 bridgehead atoms. The van der Waals surface area contributed by atoms with Crippen LogP contribution in [-0.2, 0) is 9.47 Å². The Balaban J connectivity index is 1.42. The zero-order chi connectivity index (χ0) is 29.3. The molecule has 5 aromatic rings. The molecule has 0 aromatic heterocycles. The van der Waals surface area contributed by atoms with Crippen LogP contribution >= 0.6 is 0 Å². The van der Waals surface area contributed by atoms with E-state index in [2.05, 4.69) is 30.3 Å². The van der Waals surface area contributed by atoms with Gasteiger partial charge < -0.3 is 18.9 Å². The molecule has 42 heavy (non-hydrogen) atoms. The lowest BCUT2D eigenvalue weighted by atomic mass is 9.96. The number of carbonyl (C=O) groups excluding carboxylic acids is 2. The number of rotatable bonds is 12. The van der Waals surface area contributed by atoms with E-state index in [4.69, 9.17) is 18.9 Å². The minimum Gasteiger partial charge on any atom is -0.491 e. The highest BCUT2D eigenvalue weighted by Gasteiger charge is 2.15. The quantitative estimate of drug-likeness (QED) is 0.0887. The normalized spacial score (nSPS) is 10.8. The molecule has 0 fully saturated rings. The van der Waals surface area contributed by atoms with Gasteiger partial charge in [0, 0.05) is 23.8 Å². The van der Waals surface area contributed by atoms with Gasteiger partial charge >= 0.3 is 5.97 Å². The van der Waals surface area contributed by atoms with Gasteiger partial charge in [-0.15, -0.1) is 0 Å². The molecule has 0 radical (unpaired) electrons. The third-order valence-electron chi connectivity index (χ3n) is 6.85. The van der Waals surface area contributed by atoms with Gasteiger partial charge in [0.15, 0.2) is 5.78 Å². The van der Waals surface area contributed by atoms with Crippen LogP contribution < -0.4 is 9.47 Å². The van der Waals surface area contributed by atoms with Crippen LogP contribution in [0.3, 0.4) is 0 Å². The molecule has 212 valence electrons. The van der Waals surface area contributed by atoms with E-state index in [0.717, 1.165) is 38.8 Å². The van der Waals surface area contributed by atoms with E-state index in [0.29, 0.717) is 30.1 Å². The van der Waals surface area contributed by atoms with E-state index in [9.17, 15) is 9.59 Å². The summed E-state index contributed by atoms with van der Waals surface area (Å²) in [4.78, 5) is 24.0. The predicted octanol–water partition coefficient (Wildman–Crippen LogP) is 7.64. The summed E-state index contributed by atoms with van der Waals surface area (Å²) in [6, 6.07) is 34.8. The molecule has 5 rings (SSSR count). The Labute approximate surface area is 245 Å². The lowest BCUT2D eigenvalue weighted by molar-refractivity contribution is 0.0450. The third-order valence-corrected chi connectivity index (χ3v) is 6.85. The predicted molar refractivity (Wildman–Crippen MR) is 164 cm³/mol. The fraction of sp³-hybridized carbons (Fsp3) is 0.167. The number of fused-ring (bicyclic) bond motifs is 1. The van der Waals surface area contributed by atoms with Gasteiger partial charge in [-0.05, 0) is 65.2 Å². The molecule has 6 nitrogen and oxygen atoms in total. The molecule has 0 aliphatic heterocycles. The zero-order valence-electron chi connectivity index (χ0n) is 23.7. The number of Topliss-reactive ketones (excluding diaryl/α,β-unsaturated/α-hetero) is 1. The molecule has 0 amide bonds. The van der Waals surface area contributed by atoms with Crippen LogP contribution in [0.1, 0.15) is 27.6 Å². The van der Waals surface area contributed by atoms with Crippen molar-refractivity contribution in [3.63, 3.8) is 0 Å². The summed E-state index contributed by atoms with van der Waals surface area (Å²) in [7, 11) is 1.66. The second-order valence-corrected chi connectivity index (χ2v) is 9.74. The zero-order valence-corrected chi connectivity index (χ0v) is 23.7. The number of hydrogen-bond donors (Lipinski definition) is 0. The van der Waals surface area contributed by atoms with E-state index < -0.39 is 5.97 Å². The molecule has 0 atom stereocenters. The second-order valence-electron chi connectivity index (χ2n) is 9.74. The fourth-order valence-electron chi connectivity index (χ4n) is 4.68. The Morgan fingerprint density at radius 3 is 1.52 bits per heavy atom. The standard InChI is InChI=1S/C36H32O6/c1-25(37)26-13-15-29(16-14-26)36(38)42-20-19-41-35-24-31-21-32(27-9-5-3-6-10-27)34(40-18-17-39-2)23-30(31)22-33(35)28-11-7-4-8-12-28/h3-16,21-24H,17-20H2,1-2H3. The molecule has 0 aliphatic rings. The molecule has 0 N–H and O–H groups in total. The molecule has 0 saturated heterocycles. The Hall–Kier alpha value is -4.94. The molecule has 0 unspecified atom stereocenters. The van der Waals surface area contributed by atoms with Gasteiger partial charge in [0.25, 0.3) is 0 Å². The van der Waals surface area contributed by atoms with Crippen molar-refractivity contribution in [2.24, 2.45) is 0 Å². The summed E-state index contributed by atoms with van der Waals surface area (Å²) in [6.07, 6.45) is 0.